The fourth-order valence-electron chi connectivity index (χ4n) is 3.09. The van der Waals surface area contributed by atoms with E-state index in [1.807, 2.05) is 6.92 Å². The third-order valence-electron chi connectivity index (χ3n) is 5.26. The number of hydrogen-bond acceptors (Lipinski definition) is 7. The molecular weight excluding hydrogens is 464 g/mol. The maximum absolute atomic E-state index is 12.5. The van der Waals surface area contributed by atoms with Crippen LogP contribution in [0.15, 0.2) is 0 Å². The van der Waals surface area contributed by atoms with Gasteiger partial charge in [0.05, 0.1) is 0 Å². The molecule has 0 radical (unpaired) electrons. The number of nitrogens with two attached hydrogens (primary N) is 1. The third-order valence-corrected chi connectivity index (χ3v) is 5.26. The summed E-state index contributed by atoms with van der Waals surface area (Å²) >= 11 is 0. The first-order valence-electron chi connectivity index (χ1n) is 11.7. The maximum atomic E-state index is 12.5. The minimum atomic E-state index is -1.30. The summed E-state index contributed by atoms with van der Waals surface area (Å²) in [5, 5.41) is 34.2. The molecule has 200 valence electrons. The van der Waals surface area contributed by atoms with Crippen LogP contribution >= 0.6 is 0 Å². The van der Waals surface area contributed by atoms with Crippen LogP contribution in [0.5, 0.6) is 0 Å². The Hall–Kier alpha value is -3.22. The molecule has 0 aliphatic carbocycles. The lowest BCUT2D eigenvalue weighted by molar-refractivity contribution is -0.142. The molecule has 0 fully saturated rings. The van der Waals surface area contributed by atoms with Crippen LogP contribution in [0.1, 0.15) is 78.1 Å². The van der Waals surface area contributed by atoms with E-state index in [0.717, 1.165) is 19.3 Å². The Balaban J connectivity index is 4.95. The van der Waals surface area contributed by atoms with E-state index in [4.69, 9.17) is 15.9 Å². The summed E-state index contributed by atoms with van der Waals surface area (Å²) in [7, 11) is 0. The van der Waals surface area contributed by atoms with Crippen LogP contribution in [0, 0.1) is 0 Å². The highest BCUT2D eigenvalue weighted by atomic mass is 16.4. The summed E-state index contributed by atoms with van der Waals surface area (Å²) in [6, 6.07) is -4.85. The van der Waals surface area contributed by atoms with Crippen molar-refractivity contribution in [3.63, 3.8) is 0 Å². The molecule has 0 heterocycles. The van der Waals surface area contributed by atoms with Crippen molar-refractivity contribution in [3.05, 3.63) is 0 Å². The van der Waals surface area contributed by atoms with Gasteiger partial charge in [0.15, 0.2) is 0 Å². The number of rotatable bonds is 19. The number of carboxylic acids is 3. The first-order chi connectivity index (χ1) is 16.4. The van der Waals surface area contributed by atoms with Crippen molar-refractivity contribution >= 4 is 35.6 Å². The van der Waals surface area contributed by atoms with E-state index in [1.165, 1.54) is 6.92 Å². The lowest BCUT2D eigenvalue weighted by Gasteiger charge is -2.21. The molecule has 0 aromatic carbocycles. The Kier molecular flexibility index (Phi) is 15.7. The zero-order valence-electron chi connectivity index (χ0n) is 20.2. The number of amides is 3. The second-order valence-electron chi connectivity index (χ2n) is 8.37. The number of unbranched alkanes of at least 4 members (excludes halogenated alkanes) is 3. The first-order valence-corrected chi connectivity index (χ1v) is 11.7. The van der Waals surface area contributed by atoms with Crippen molar-refractivity contribution in [1.82, 2.24) is 16.0 Å². The van der Waals surface area contributed by atoms with Gasteiger partial charge in [-0.3, -0.25) is 24.0 Å². The number of carboxylic acid groups (broad SMARTS) is 3. The molecule has 0 aliphatic heterocycles. The molecule has 3 amide bonds. The van der Waals surface area contributed by atoms with Crippen LogP contribution in [0.4, 0.5) is 0 Å². The fraction of sp³-hybridized carbons (Fsp3) is 0.727. The molecule has 1 unspecified atom stereocenters. The highest BCUT2D eigenvalue weighted by Crippen LogP contribution is 2.07. The lowest BCUT2D eigenvalue weighted by atomic mass is 10.0. The molecule has 0 aromatic rings. The van der Waals surface area contributed by atoms with Crippen LogP contribution in [0.25, 0.3) is 0 Å². The van der Waals surface area contributed by atoms with E-state index in [9.17, 15) is 33.9 Å². The molecule has 0 spiro atoms. The van der Waals surface area contributed by atoms with Gasteiger partial charge in [-0.1, -0.05) is 26.2 Å². The fourth-order valence-corrected chi connectivity index (χ4v) is 3.09. The summed E-state index contributed by atoms with van der Waals surface area (Å²) < 4.78 is 0. The van der Waals surface area contributed by atoms with Crippen molar-refractivity contribution in [2.45, 2.75) is 102 Å². The molecule has 13 heteroatoms. The molecule has 0 saturated carbocycles. The van der Waals surface area contributed by atoms with E-state index < -0.39 is 59.8 Å². The molecule has 13 nitrogen and oxygen atoms in total. The number of nitrogens with one attached hydrogen (secondary N) is 3. The Bertz CT molecular complexity index is 744. The van der Waals surface area contributed by atoms with Gasteiger partial charge in [-0.25, -0.2) is 4.79 Å². The predicted octanol–water partition coefficient (Wildman–Crippen LogP) is -0.0373. The van der Waals surface area contributed by atoms with Gasteiger partial charge in [-0.05, 0) is 39.0 Å². The summed E-state index contributed by atoms with van der Waals surface area (Å²) in [5.74, 6) is -5.70. The van der Waals surface area contributed by atoms with Crippen LogP contribution in [-0.2, 0) is 28.8 Å². The predicted molar refractivity (Wildman–Crippen MR) is 124 cm³/mol. The summed E-state index contributed by atoms with van der Waals surface area (Å²) in [4.78, 5) is 70.2. The normalized spacial score (nSPS) is 14.1. The van der Waals surface area contributed by atoms with Crippen molar-refractivity contribution in [2.75, 3.05) is 0 Å². The average molecular weight is 503 g/mol. The Morgan fingerprint density at radius 3 is 1.83 bits per heavy atom. The standard InChI is InChI=1S/C22H38N4O9/c1-3-4-5-6-10-17(27)26-16(22(34)35)11-12-18(28)25-15(9-7-8-14(23)21(32)33)19(29)24-13(2)20(30)31/h13-16H,3-12,23H2,1-2H3,(H,24,29)(H,25,28)(H,26,27)(H,30,31)(H,32,33)(H,34,35)/t13-,14?,15-,16-/m1/s1. The molecule has 0 bridgehead atoms. The van der Waals surface area contributed by atoms with Gasteiger partial charge in [0.1, 0.15) is 24.2 Å². The van der Waals surface area contributed by atoms with Crippen LogP contribution in [-0.4, -0.2) is 75.1 Å². The highest BCUT2D eigenvalue weighted by molar-refractivity contribution is 5.90. The van der Waals surface area contributed by atoms with Gasteiger partial charge in [0.25, 0.3) is 0 Å². The van der Waals surface area contributed by atoms with Gasteiger partial charge < -0.3 is 37.0 Å². The zero-order chi connectivity index (χ0) is 27.0. The van der Waals surface area contributed by atoms with E-state index in [1.54, 1.807) is 0 Å². The lowest BCUT2D eigenvalue weighted by Crippen LogP contribution is -2.51. The second kappa shape index (κ2) is 17.2. The Morgan fingerprint density at radius 2 is 1.29 bits per heavy atom. The number of hydrogen-bond donors (Lipinski definition) is 7. The molecule has 0 aromatic heterocycles. The third kappa shape index (κ3) is 14.6. The zero-order valence-corrected chi connectivity index (χ0v) is 20.2. The molecule has 4 atom stereocenters. The summed E-state index contributed by atoms with van der Waals surface area (Å²) in [5.41, 5.74) is 5.44. The minimum Gasteiger partial charge on any atom is -0.480 e. The summed E-state index contributed by atoms with van der Waals surface area (Å²) in [6.07, 6.45) is 3.25. The van der Waals surface area contributed by atoms with Gasteiger partial charge in [-0.15, -0.1) is 0 Å². The monoisotopic (exact) mass is 502 g/mol. The average Bonchev–Trinajstić information content (AvgIpc) is 2.78. The summed E-state index contributed by atoms with van der Waals surface area (Å²) in [6.45, 7) is 3.26. The highest BCUT2D eigenvalue weighted by Gasteiger charge is 2.26. The Labute approximate surface area is 204 Å². The topological polar surface area (TPSA) is 225 Å². The minimum absolute atomic E-state index is 0.0122. The van der Waals surface area contributed by atoms with Gasteiger partial charge in [-0.2, -0.15) is 0 Å². The van der Waals surface area contributed by atoms with E-state index in [-0.39, 0.29) is 38.5 Å². The van der Waals surface area contributed by atoms with Crippen molar-refractivity contribution in [1.29, 1.82) is 0 Å². The van der Waals surface area contributed by atoms with E-state index >= 15 is 0 Å². The molecular formula is C22H38N4O9. The van der Waals surface area contributed by atoms with Crippen molar-refractivity contribution in [3.8, 4) is 0 Å². The largest absolute Gasteiger partial charge is 0.480 e. The van der Waals surface area contributed by atoms with E-state index in [2.05, 4.69) is 16.0 Å². The molecule has 0 aliphatic rings. The molecule has 8 N–H and O–H groups in total. The van der Waals surface area contributed by atoms with Crippen LogP contribution in [0.2, 0.25) is 0 Å². The van der Waals surface area contributed by atoms with Crippen LogP contribution < -0.4 is 21.7 Å². The Morgan fingerprint density at radius 1 is 0.686 bits per heavy atom. The second-order valence-corrected chi connectivity index (χ2v) is 8.37. The van der Waals surface area contributed by atoms with E-state index in [0.29, 0.717) is 6.42 Å². The van der Waals surface area contributed by atoms with Crippen molar-refractivity contribution < 1.29 is 44.1 Å². The first kappa shape index (κ1) is 31.8. The number of carbonyl (C=O) groups is 6. The molecule has 35 heavy (non-hydrogen) atoms. The van der Waals surface area contributed by atoms with Gasteiger partial charge in [0, 0.05) is 12.8 Å². The van der Waals surface area contributed by atoms with Crippen LogP contribution in [0.3, 0.4) is 0 Å². The smallest absolute Gasteiger partial charge is 0.326 e. The quantitative estimate of drug-likeness (QED) is 0.117. The number of aliphatic carboxylic acids is 3. The molecule has 0 rings (SSSR count). The number of carbonyl (C=O) groups excluding carboxylic acids is 3. The van der Waals surface area contributed by atoms with Gasteiger partial charge >= 0.3 is 17.9 Å². The van der Waals surface area contributed by atoms with Crippen molar-refractivity contribution in [2.24, 2.45) is 5.73 Å². The maximum Gasteiger partial charge on any atom is 0.326 e. The SMILES string of the molecule is CCCCCCC(=O)N[C@H](CCC(=O)N[C@H](CCCC(N)C(=O)O)C(=O)N[C@H](C)C(=O)O)C(=O)O. The molecule has 0 saturated heterocycles. The van der Waals surface area contributed by atoms with Gasteiger partial charge in [0.2, 0.25) is 17.7 Å².